The van der Waals surface area contributed by atoms with Crippen LogP contribution in [0.3, 0.4) is 0 Å². The second kappa shape index (κ2) is 5.19. The first kappa shape index (κ1) is 11.9. The molecule has 0 aromatic carbocycles. The van der Waals surface area contributed by atoms with Crippen LogP contribution in [0.2, 0.25) is 0 Å². The first-order valence-electron chi connectivity index (χ1n) is 5.95. The topological polar surface area (TPSA) is 43.0 Å². The maximum atomic E-state index is 5.15. The Balaban J connectivity index is 2.15. The van der Waals surface area contributed by atoms with Gasteiger partial charge in [-0.1, -0.05) is 6.92 Å². The Kier molecular flexibility index (Phi) is 3.64. The molecule has 4 heteroatoms. The van der Waals surface area contributed by atoms with E-state index in [4.69, 9.17) is 4.42 Å². The highest BCUT2D eigenvalue weighted by molar-refractivity contribution is 5.17. The molecule has 0 aliphatic carbocycles. The van der Waals surface area contributed by atoms with Gasteiger partial charge < -0.3 is 9.73 Å². The van der Waals surface area contributed by atoms with Gasteiger partial charge in [0.2, 0.25) is 0 Å². The number of likely N-dealkylation sites (N-methyl/N-ethyl adjacent to an activating group) is 1. The first-order valence-corrected chi connectivity index (χ1v) is 5.95. The molecule has 2 heterocycles. The third kappa shape index (κ3) is 2.77. The quantitative estimate of drug-likeness (QED) is 0.861. The Bertz CT molecular complexity index is 459. The average molecular weight is 233 g/mol. The van der Waals surface area contributed by atoms with Gasteiger partial charge in [0, 0.05) is 30.8 Å². The van der Waals surface area contributed by atoms with Crippen molar-refractivity contribution in [1.29, 1.82) is 0 Å². The molecule has 0 saturated heterocycles. The second-order valence-corrected chi connectivity index (χ2v) is 4.27. The lowest BCUT2D eigenvalue weighted by atomic mass is 10.0. The maximum absolute atomic E-state index is 5.15. The van der Waals surface area contributed by atoms with Crippen LogP contribution >= 0.6 is 0 Å². The van der Waals surface area contributed by atoms with Crippen molar-refractivity contribution in [2.75, 3.05) is 6.54 Å². The van der Waals surface area contributed by atoms with Gasteiger partial charge in [0.15, 0.2) is 0 Å². The molecule has 0 fully saturated rings. The van der Waals surface area contributed by atoms with Gasteiger partial charge in [-0.2, -0.15) is 5.10 Å². The molecule has 4 nitrogen and oxygen atoms in total. The first-order chi connectivity index (χ1) is 8.20. The summed E-state index contributed by atoms with van der Waals surface area (Å²) in [5.74, 6) is 0. The minimum Gasteiger partial charge on any atom is -0.472 e. The van der Waals surface area contributed by atoms with Crippen molar-refractivity contribution in [3.05, 3.63) is 41.6 Å². The van der Waals surface area contributed by atoms with Crippen LogP contribution in [0, 0.1) is 6.92 Å². The van der Waals surface area contributed by atoms with Crippen molar-refractivity contribution < 1.29 is 4.42 Å². The number of hydrogen-bond donors (Lipinski definition) is 1. The molecule has 2 aromatic rings. The molecule has 0 amide bonds. The predicted octanol–water partition coefficient (Wildman–Crippen LogP) is 2.21. The van der Waals surface area contributed by atoms with E-state index in [1.165, 1.54) is 11.3 Å². The lowest BCUT2D eigenvalue weighted by Gasteiger charge is -2.16. The largest absolute Gasteiger partial charge is 0.472 e. The molecule has 2 rings (SSSR count). The van der Waals surface area contributed by atoms with Crippen molar-refractivity contribution in [3.63, 3.8) is 0 Å². The summed E-state index contributed by atoms with van der Waals surface area (Å²) in [7, 11) is 1.99. The number of nitrogens with one attached hydrogen (secondary N) is 1. The van der Waals surface area contributed by atoms with Crippen LogP contribution in [0.1, 0.15) is 29.9 Å². The van der Waals surface area contributed by atoms with E-state index < -0.39 is 0 Å². The van der Waals surface area contributed by atoms with Gasteiger partial charge in [0.05, 0.1) is 18.2 Å². The molecule has 1 atom stereocenters. The number of aryl methyl sites for hydroxylation is 2. The SMILES string of the molecule is CCNC(Cc1cc(C)nn1C)c1ccoc1. The van der Waals surface area contributed by atoms with Gasteiger partial charge in [-0.15, -0.1) is 0 Å². The Morgan fingerprint density at radius 2 is 2.35 bits per heavy atom. The van der Waals surface area contributed by atoms with Crippen LogP contribution in [0.4, 0.5) is 0 Å². The summed E-state index contributed by atoms with van der Waals surface area (Å²) in [5, 5.41) is 7.84. The lowest BCUT2D eigenvalue weighted by molar-refractivity contribution is 0.512. The zero-order valence-corrected chi connectivity index (χ0v) is 10.6. The zero-order chi connectivity index (χ0) is 12.3. The van der Waals surface area contributed by atoms with E-state index in [1.807, 2.05) is 24.7 Å². The molecule has 2 aromatic heterocycles. The van der Waals surface area contributed by atoms with Crippen molar-refractivity contribution in [3.8, 4) is 0 Å². The average Bonchev–Trinajstić information content (AvgIpc) is 2.88. The standard InChI is InChI=1S/C13H19N3O/c1-4-14-13(11-5-6-17-9-11)8-12-7-10(2)15-16(12)3/h5-7,9,13-14H,4,8H2,1-3H3. The van der Waals surface area contributed by atoms with Crippen LogP contribution in [0.5, 0.6) is 0 Å². The Morgan fingerprint density at radius 3 is 2.88 bits per heavy atom. The maximum Gasteiger partial charge on any atom is 0.0950 e. The Hall–Kier alpha value is -1.55. The molecular formula is C13H19N3O. The fraction of sp³-hybridized carbons (Fsp3) is 0.462. The molecule has 0 bridgehead atoms. The number of rotatable bonds is 5. The van der Waals surface area contributed by atoms with Crippen molar-refractivity contribution in [2.24, 2.45) is 7.05 Å². The van der Waals surface area contributed by atoms with Crippen LogP contribution in [0.25, 0.3) is 0 Å². The number of aromatic nitrogens is 2. The summed E-state index contributed by atoms with van der Waals surface area (Å²) in [6.07, 6.45) is 4.44. The lowest BCUT2D eigenvalue weighted by Crippen LogP contribution is -2.23. The summed E-state index contributed by atoms with van der Waals surface area (Å²) in [6.45, 7) is 5.07. The molecule has 0 saturated carbocycles. The van der Waals surface area contributed by atoms with Crippen molar-refractivity contribution >= 4 is 0 Å². The summed E-state index contributed by atoms with van der Waals surface area (Å²) in [6, 6.07) is 4.43. The fourth-order valence-electron chi connectivity index (χ4n) is 2.09. The van der Waals surface area contributed by atoms with Crippen LogP contribution in [-0.4, -0.2) is 16.3 Å². The summed E-state index contributed by atoms with van der Waals surface area (Å²) < 4.78 is 7.10. The highest BCUT2D eigenvalue weighted by Crippen LogP contribution is 2.19. The van der Waals surface area contributed by atoms with Gasteiger partial charge in [0.25, 0.3) is 0 Å². The number of hydrogen-bond acceptors (Lipinski definition) is 3. The molecular weight excluding hydrogens is 214 g/mol. The van der Waals surface area contributed by atoms with E-state index in [0.29, 0.717) is 0 Å². The molecule has 0 radical (unpaired) electrons. The highest BCUT2D eigenvalue weighted by Gasteiger charge is 2.14. The van der Waals surface area contributed by atoms with E-state index in [2.05, 4.69) is 23.4 Å². The molecule has 1 N–H and O–H groups in total. The smallest absolute Gasteiger partial charge is 0.0950 e. The Morgan fingerprint density at radius 1 is 1.53 bits per heavy atom. The summed E-state index contributed by atoms with van der Waals surface area (Å²) in [4.78, 5) is 0. The second-order valence-electron chi connectivity index (χ2n) is 4.27. The van der Waals surface area contributed by atoms with E-state index in [9.17, 15) is 0 Å². The monoisotopic (exact) mass is 233 g/mol. The van der Waals surface area contributed by atoms with Gasteiger partial charge in [-0.3, -0.25) is 4.68 Å². The fourth-order valence-corrected chi connectivity index (χ4v) is 2.09. The zero-order valence-electron chi connectivity index (χ0n) is 10.6. The minimum atomic E-state index is 0.286. The van der Waals surface area contributed by atoms with Gasteiger partial charge in [0.1, 0.15) is 0 Å². The van der Waals surface area contributed by atoms with Crippen LogP contribution in [-0.2, 0) is 13.5 Å². The van der Waals surface area contributed by atoms with Gasteiger partial charge in [-0.25, -0.2) is 0 Å². The molecule has 17 heavy (non-hydrogen) atoms. The summed E-state index contributed by atoms with van der Waals surface area (Å²) >= 11 is 0. The Labute approximate surface area is 102 Å². The molecule has 0 aliphatic rings. The molecule has 1 unspecified atom stereocenters. The molecule has 0 spiro atoms. The van der Waals surface area contributed by atoms with E-state index >= 15 is 0 Å². The number of furan rings is 1. The van der Waals surface area contributed by atoms with Crippen LogP contribution in [0.15, 0.2) is 29.1 Å². The van der Waals surface area contributed by atoms with E-state index in [-0.39, 0.29) is 6.04 Å². The molecule has 92 valence electrons. The predicted molar refractivity (Wildman–Crippen MR) is 66.8 cm³/mol. The number of nitrogens with zero attached hydrogens (tertiary/aromatic N) is 2. The third-order valence-electron chi connectivity index (χ3n) is 2.91. The van der Waals surface area contributed by atoms with Crippen molar-refractivity contribution in [2.45, 2.75) is 26.3 Å². The van der Waals surface area contributed by atoms with Crippen molar-refractivity contribution in [1.82, 2.24) is 15.1 Å². The summed E-state index contributed by atoms with van der Waals surface area (Å²) in [5.41, 5.74) is 3.48. The van der Waals surface area contributed by atoms with Gasteiger partial charge in [-0.05, 0) is 25.6 Å². The molecule has 0 aliphatic heterocycles. The highest BCUT2D eigenvalue weighted by atomic mass is 16.3. The van der Waals surface area contributed by atoms with E-state index in [1.54, 1.807) is 12.5 Å². The third-order valence-corrected chi connectivity index (χ3v) is 2.91. The normalized spacial score (nSPS) is 12.9. The van der Waals surface area contributed by atoms with Gasteiger partial charge >= 0.3 is 0 Å². The van der Waals surface area contributed by atoms with E-state index in [0.717, 1.165) is 18.7 Å². The minimum absolute atomic E-state index is 0.286. The van der Waals surface area contributed by atoms with Crippen LogP contribution < -0.4 is 5.32 Å².